The number of nitrogens with one attached hydrogen (secondary N) is 2. The van der Waals surface area contributed by atoms with Gasteiger partial charge in [-0.15, -0.1) is 0 Å². The summed E-state index contributed by atoms with van der Waals surface area (Å²) in [5.41, 5.74) is 0.679. The monoisotopic (exact) mass is 422 g/mol. The molecule has 0 aliphatic rings. The van der Waals surface area contributed by atoms with Gasteiger partial charge in [0.15, 0.2) is 0 Å². The zero-order chi connectivity index (χ0) is 21.3. The second kappa shape index (κ2) is 10.6. The molecule has 0 fully saturated rings. The molecule has 0 unspecified atom stereocenters. The van der Waals surface area contributed by atoms with Crippen molar-refractivity contribution in [3.05, 3.63) is 59.9 Å². The van der Waals surface area contributed by atoms with Crippen molar-refractivity contribution in [1.29, 1.82) is 0 Å². The van der Waals surface area contributed by atoms with Crippen molar-refractivity contribution in [2.24, 2.45) is 0 Å². The Hall–Kier alpha value is -2.94. The molecule has 2 rings (SSSR count). The Balaban J connectivity index is 1.82. The Morgan fingerprint density at radius 3 is 2.24 bits per heavy atom. The molecule has 0 bridgehead atoms. The number of methoxy groups -OCH3 is 1. The predicted octanol–water partition coefficient (Wildman–Crippen LogP) is 3.09. The number of ether oxygens (including phenoxy) is 1. The lowest BCUT2D eigenvalue weighted by Crippen LogP contribution is -2.24. The molecule has 2 aromatic rings. The minimum absolute atomic E-state index is 0.0621. The maximum Gasteiger partial charge on any atom is 0.305 e. The van der Waals surface area contributed by atoms with E-state index in [0.717, 1.165) is 25.0 Å². The van der Waals surface area contributed by atoms with Crippen LogP contribution >= 0.6 is 0 Å². The quantitative estimate of drug-likeness (QED) is 0.453. The summed E-state index contributed by atoms with van der Waals surface area (Å²) in [5.74, 6) is -1.04. The Kier molecular flexibility index (Phi) is 8.14. The molecular formula is C20H23FN2O5S. The molecule has 0 radical (unpaired) electrons. The van der Waals surface area contributed by atoms with Crippen LogP contribution in [-0.2, 0) is 19.6 Å². The molecule has 9 heteroatoms. The Morgan fingerprint density at radius 2 is 1.62 bits per heavy atom. The summed E-state index contributed by atoms with van der Waals surface area (Å²) in [4.78, 5) is 23.1. The SMILES string of the molecule is COC(=O)CCCCCNC(=O)c1ccc(NS(=O)(=O)c2ccc(F)cc2)cc1. The number of hydrogen-bond acceptors (Lipinski definition) is 5. The van der Waals surface area contributed by atoms with E-state index in [2.05, 4.69) is 14.8 Å². The van der Waals surface area contributed by atoms with E-state index in [4.69, 9.17) is 0 Å². The molecular weight excluding hydrogens is 399 g/mol. The van der Waals surface area contributed by atoms with E-state index < -0.39 is 15.8 Å². The highest BCUT2D eigenvalue weighted by atomic mass is 32.2. The molecule has 2 N–H and O–H groups in total. The van der Waals surface area contributed by atoms with Crippen LogP contribution in [0.3, 0.4) is 0 Å². The molecule has 0 aromatic heterocycles. The average molecular weight is 422 g/mol. The van der Waals surface area contributed by atoms with Gasteiger partial charge in [0.1, 0.15) is 5.82 Å². The molecule has 1 amide bonds. The van der Waals surface area contributed by atoms with E-state index in [0.29, 0.717) is 24.9 Å². The molecule has 0 spiro atoms. The van der Waals surface area contributed by atoms with Crippen molar-refractivity contribution in [3.63, 3.8) is 0 Å². The average Bonchev–Trinajstić information content (AvgIpc) is 2.70. The van der Waals surface area contributed by atoms with Crippen LogP contribution in [-0.4, -0.2) is 33.9 Å². The molecule has 0 heterocycles. The third-order valence-electron chi connectivity index (χ3n) is 4.09. The van der Waals surface area contributed by atoms with Gasteiger partial charge in [-0.05, 0) is 61.4 Å². The molecule has 0 aliphatic heterocycles. The number of amides is 1. The van der Waals surface area contributed by atoms with Crippen LogP contribution in [0.2, 0.25) is 0 Å². The molecule has 2 aromatic carbocycles. The van der Waals surface area contributed by atoms with Crippen LogP contribution in [0.25, 0.3) is 0 Å². The fourth-order valence-electron chi connectivity index (χ4n) is 2.49. The molecule has 7 nitrogen and oxygen atoms in total. The maximum absolute atomic E-state index is 12.9. The van der Waals surface area contributed by atoms with Gasteiger partial charge in [-0.25, -0.2) is 12.8 Å². The summed E-state index contributed by atoms with van der Waals surface area (Å²) in [5, 5.41) is 2.77. The summed E-state index contributed by atoms with van der Waals surface area (Å²) >= 11 is 0. The lowest BCUT2D eigenvalue weighted by atomic mass is 10.1. The van der Waals surface area contributed by atoms with Gasteiger partial charge in [0.05, 0.1) is 12.0 Å². The van der Waals surface area contributed by atoms with Crippen LogP contribution in [0.5, 0.6) is 0 Å². The van der Waals surface area contributed by atoms with Gasteiger partial charge in [0.2, 0.25) is 0 Å². The fraction of sp³-hybridized carbons (Fsp3) is 0.300. The van der Waals surface area contributed by atoms with E-state index in [-0.39, 0.29) is 22.5 Å². The summed E-state index contributed by atoms with van der Waals surface area (Å²) in [6, 6.07) is 10.5. The Morgan fingerprint density at radius 1 is 0.966 bits per heavy atom. The van der Waals surface area contributed by atoms with Crippen molar-refractivity contribution in [1.82, 2.24) is 5.32 Å². The smallest absolute Gasteiger partial charge is 0.305 e. The van der Waals surface area contributed by atoms with Crippen LogP contribution in [0.4, 0.5) is 10.1 Å². The largest absolute Gasteiger partial charge is 0.469 e. The number of anilines is 1. The topological polar surface area (TPSA) is 102 Å². The van der Waals surface area contributed by atoms with E-state index in [9.17, 15) is 22.4 Å². The number of benzene rings is 2. The van der Waals surface area contributed by atoms with Crippen molar-refractivity contribution in [3.8, 4) is 0 Å². The number of unbranched alkanes of at least 4 members (excludes halogenated alkanes) is 2. The second-order valence-electron chi connectivity index (χ2n) is 6.28. The van der Waals surface area contributed by atoms with Crippen molar-refractivity contribution in [2.75, 3.05) is 18.4 Å². The number of carbonyl (C=O) groups is 2. The first-order valence-corrected chi connectivity index (χ1v) is 10.5. The minimum Gasteiger partial charge on any atom is -0.469 e. The summed E-state index contributed by atoms with van der Waals surface area (Å²) in [7, 11) is -2.50. The van der Waals surface area contributed by atoms with Gasteiger partial charge in [0, 0.05) is 24.2 Å². The van der Waals surface area contributed by atoms with Crippen molar-refractivity contribution < 1.29 is 27.1 Å². The van der Waals surface area contributed by atoms with E-state index in [1.54, 1.807) is 0 Å². The van der Waals surface area contributed by atoms with Gasteiger partial charge < -0.3 is 10.1 Å². The molecule has 0 saturated heterocycles. The molecule has 0 atom stereocenters. The van der Waals surface area contributed by atoms with Crippen LogP contribution in [0.15, 0.2) is 53.4 Å². The Labute approximate surface area is 169 Å². The number of hydrogen-bond donors (Lipinski definition) is 2. The first-order valence-electron chi connectivity index (χ1n) is 9.05. The molecule has 29 heavy (non-hydrogen) atoms. The standard InChI is InChI=1S/C20H23FN2O5S/c1-28-19(24)5-3-2-4-14-22-20(25)15-6-10-17(11-7-15)23-29(26,27)18-12-8-16(21)9-13-18/h6-13,23H,2-5,14H2,1H3,(H,22,25). The Bertz CT molecular complexity index is 928. The van der Waals surface area contributed by atoms with Gasteiger partial charge in [-0.1, -0.05) is 6.42 Å². The van der Waals surface area contributed by atoms with Crippen molar-refractivity contribution >= 4 is 27.6 Å². The normalized spacial score (nSPS) is 11.0. The molecule has 0 aliphatic carbocycles. The van der Waals surface area contributed by atoms with Crippen LogP contribution in [0.1, 0.15) is 36.0 Å². The van der Waals surface area contributed by atoms with E-state index >= 15 is 0 Å². The fourth-order valence-corrected chi connectivity index (χ4v) is 3.55. The number of rotatable bonds is 10. The third-order valence-corrected chi connectivity index (χ3v) is 5.49. The number of halogens is 1. The number of carbonyl (C=O) groups excluding carboxylic acids is 2. The zero-order valence-corrected chi connectivity index (χ0v) is 16.8. The first kappa shape index (κ1) is 22.4. The van der Waals surface area contributed by atoms with E-state index in [1.165, 1.54) is 43.5 Å². The first-order chi connectivity index (χ1) is 13.8. The summed E-state index contributed by atoms with van der Waals surface area (Å²) in [6.45, 7) is 0.471. The zero-order valence-electron chi connectivity index (χ0n) is 16.0. The molecule has 156 valence electrons. The van der Waals surface area contributed by atoms with Gasteiger partial charge in [0.25, 0.3) is 15.9 Å². The highest BCUT2D eigenvalue weighted by molar-refractivity contribution is 7.92. The maximum atomic E-state index is 12.9. The number of esters is 1. The van der Waals surface area contributed by atoms with Gasteiger partial charge in [-0.3, -0.25) is 14.3 Å². The second-order valence-corrected chi connectivity index (χ2v) is 7.96. The lowest BCUT2D eigenvalue weighted by Gasteiger charge is -2.09. The van der Waals surface area contributed by atoms with Crippen LogP contribution in [0, 0.1) is 5.82 Å². The van der Waals surface area contributed by atoms with Crippen LogP contribution < -0.4 is 10.0 Å². The van der Waals surface area contributed by atoms with Gasteiger partial charge in [-0.2, -0.15) is 0 Å². The number of sulfonamides is 1. The predicted molar refractivity (Wildman–Crippen MR) is 106 cm³/mol. The lowest BCUT2D eigenvalue weighted by molar-refractivity contribution is -0.140. The summed E-state index contributed by atoms with van der Waals surface area (Å²) in [6.07, 6.45) is 2.59. The molecule has 0 saturated carbocycles. The third kappa shape index (κ3) is 7.19. The highest BCUT2D eigenvalue weighted by Crippen LogP contribution is 2.17. The van der Waals surface area contributed by atoms with Gasteiger partial charge >= 0.3 is 5.97 Å². The minimum atomic E-state index is -3.84. The highest BCUT2D eigenvalue weighted by Gasteiger charge is 2.14. The van der Waals surface area contributed by atoms with E-state index in [1.807, 2.05) is 0 Å². The summed E-state index contributed by atoms with van der Waals surface area (Å²) < 4.78 is 44.4. The van der Waals surface area contributed by atoms with Crippen molar-refractivity contribution in [2.45, 2.75) is 30.6 Å².